The molecule has 0 aliphatic rings. The Morgan fingerprint density at radius 1 is 1.30 bits per heavy atom. The van der Waals surface area contributed by atoms with Crippen LogP contribution in [0.4, 0.5) is 5.82 Å². The summed E-state index contributed by atoms with van der Waals surface area (Å²) in [5, 5.41) is 0. The van der Waals surface area contributed by atoms with Gasteiger partial charge < -0.3 is 4.74 Å². The molecule has 0 radical (unpaired) electrons. The van der Waals surface area contributed by atoms with Gasteiger partial charge in [-0.25, -0.2) is 4.98 Å². The van der Waals surface area contributed by atoms with E-state index in [1.165, 1.54) is 4.90 Å². The van der Waals surface area contributed by atoms with Gasteiger partial charge in [-0.2, -0.15) is 0 Å². The van der Waals surface area contributed by atoms with Crippen molar-refractivity contribution in [2.24, 2.45) is 0 Å². The Hall–Kier alpha value is -1.88. The van der Waals surface area contributed by atoms with E-state index in [1.54, 1.807) is 38.6 Å². The van der Waals surface area contributed by atoms with E-state index < -0.39 is 0 Å². The lowest BCUT2D eigenvalue weighted by Gasteiger charge is -2.17. The van der Waals surface area contributed by atoms with Crippen LogP contribution in [-0.4, -0.2) is 25.0 Å². The summed E-state index contributed by atoms with van der Waals surface area (Å²) in [5.41, 5.74) is 1.53. The second-order valence-corrected chi connectivity index (χ2v) is 5.30. The zero-order chi connectivity index (χ0) is 14.7. The Morgan fingerprint density at radius 3 is 2.60 bits per heavy atom. The molecule has 0 aliphatic carbocycles. The van der Waals surface area contributed by atoms with E-state index in [4.69, 9.17) is 4.74 Å². The van der Waals surface area contributed by atoms with Crippen molar-refractivity contribution in [2.45, 2.75) is 6.92 Å². The van der Waals surface area contributed by atoms with Gasteiger partial charge in [-0.15, -0.1) is 0 Å². The molecule has 0 atom stereocenters. The number of methoxy groups -OCH3 is 1. The number of benzene rings is 1. The largest absolute Gasteiger partial charge is 0.496 e. The lowest BCUT2D eigenvalue weighted by molar-refractivity contribution is 0.0992. The second kappa shape index (κ2) is 6.05. The molecule has 4 nitrogen and oxygen atoms in total. The Balaban J connectivity index is 2.26. The third kappa shape index (κ3) is 2.99. The summed E-state index contributed by atoms with van der Waals surface area (Å²) in [6, 6.07) is 9.01. The Bertz CT molecular complexity index is 626. The van der Waals surface area contributed by atoms with Crippen molar-refractivity contribution in [3.8, 4) is 5.75 Å². The van der Waals surface area contributed by atoms with Crippen molar-refractivity contribution in [1.82, 2.24) is 4.98 Å². The Kier molecular flexibility index (Phi) is 4.39. The number of aryl methyl sites for hydroxylation is 1. The highest BCUT2D eigenvalue weighted by atomic mass is 79.9. The summed E-state index contributed by atoms with van der Waals surface area (Å²) in [4.78, 5) is 18.2. The molecule has 5 heteroatoms. The average molecular weight is 335 g/mol. The van der Waals surface area contributed by atoms with Crippen molar-refractivity contribution < 1.29 is 9.53 Å². The first-order valence-corrected chi connectivity index (χ1v) is 6.86. The van der Waals surface area contributed by atoms with Gasteiger partial charge in [0.15, 0.2) is 0 Å². The van der Waals surface area contributed by atoms with Crippen LogP contribution >= 0.6 is 15.9 Å². The minimum absolute atomic E-state index is 0.106. The first-order valence-electron chi connectivity index (χ1n) is 6.07. The molecule has 104 valence electrons. The van der Waals surface area contributed by atoms with Gasteiger partial charge in [0.2, 0.25) is 0 Å². The third-order valence-corrected chi connectivity index (χ3v) is 3.47. The van der Waals surface area contributed by atoms with Crippen LogP contribution in [0.25, 0.3) is 0 Å². The predicted molar refractivity (Wildman–Crippen MR) is 82.4 cm³/mol. The van der Waals surface area contributed by atoms with E-state index in [1.807, 2.05) is 19.1 Å². The number of rotatable bonds is 3. The number of aromatic nitrogens is 1. The first-order chi connectivity index (χ1) is 9.52. The van der Waals surface area contributed by atoms with E-state index >= 15 is 0 Å². The fourth-order valence-electron chi connectivity index (χ4n) is 1.88. The lowest BCUT2D eigenvalue weighted by Crippen LogP contribution is -2.27. The zero-order valence-electron chi connectivity index (χ0n) is 11.6. The average Bonchev–Trinajstić information content (AvgIpc) is 2.46. The maximum absolute atomic E-state index is 12.4. The van der Waals surface area contributed by atoms with Crippen LogP contribution in [0.1, 0.15) is 15.9 Å². The maximum Gasteiger partial charge on any atom is 0.259 e. The van der Waals surface area contributed by atoms with Crippen molar-refractivity contribution in [3.05, 3.63) is 52.1 Å². The number of ether oxygens (including phenoxy) is 1. The van der Waals surface area contributed by atoms with Gasteiger partial charge in [-0.1, -0.05) is 0 Å². The SMILES string of the molecule is COc1ccc(C(=O)N(C)c2ccc(Br)cn2)cc1C. The molecule has 0 unspecified atom stereocenters. The van der Waals surface area contributed by atoms with Gasteiger partial charge >= 0.3 is 0 Å². The monoisotopic (exact) mass is 334 g/mol. The predicted octanol–water partition coefficient (Wildman–Crippen LogP) is 3.44. The van der Waals surface area contributed by atoms with Crippen LogP contribution in [0.5, 0.6) is 5.75 Å². The van der Waals surface area contributed by atoms with E-state index in [0.717, 1.165) is 15.8 Å². The van der Waals surface area contributed by atoms with Gasteiger partial charge in [0.1, 0.15) is 11.6 Å². The van der Waals surface area contributed by atoms with Gasteiger partial charge in [-0.3, -0.25) is 9.69 Å². The molecule has 0 saturated heterocycles. The highest BCUT2D eigenvalue weighted by Crippen LogP contribution is 2.21. The molecule has 2 aromatic rings. The lowest BCUT2D eigenvalue weighted by atomic mass is 10.1. The molecule has 1 heterocycles. The molecular weight excluding hydrogens is 320 g/mol. The smallest absolute Gasteiger partial charge is 0.259 e. The molecule has 1 aromatic carbocycles. The topological polar surface area (TPSA) is 42.4 Å². The number of carbonyl (C=O) groups excluding carboxylic acids is 1. The van der Waals surface area contributed by atoms with Crippen LogP contribution in [-0.2, 0) is 0 Å². The fourth-order valence-corrected chi connectivity index (χ4v) is 2.11. The number of hydrogen-bond donors (Lipinski definition) is 0. The van der Waals surface area contributed by atoms with Crippen LogP contribution in [0.3, 0.4) is 0 Å². The number of nitrogens with zero attached hydrogens (tertiary/aromatic N) is 2. The molecule has 0 N–H and O–H groups in total. The molecule has 2 rings (SSSR count). The summed E-state index contributed by atoms with van der Waals surface area (Å²) in [7, 11) is 3.32. The summed E-state index contributed by atoms with van der Waals surface area (Å²) < 4.78 is 6.07. The number of carbonyl (C=O) groups is 1. The van der Waals surface area contributed by atoms with Crippen LogP contribution in [0.2, 0.25) is 0 Å². The van der Waals surface area contributed by atoms with Gasteiger partial charge in [0.05, 0.1) is 7.11 Å². The molecule has 1 amide bonds. The molecule has 0 spiro atoms. The summed E-state index contributed by atoms with van der Waals surface area (Å²) >= 11 is 3.32. The van der Waals surface area contributed by atoms with Gasteiger partial charge in [0.25, 0.3) is 5.91 Å². The van der Waals surface area contributed by atoms with E-state index in [0.29, 0.717) is 11.4 Å². The number of amides is 1. The Labute approximate surface area is 126 Å². The number of hydrogen-bond acceptors (Lipinski definition) is 3. The maximum atomic E-state index is 12.4. The zero-order valence-corrected chi connectivity index (χ0v) is 13.1. The molecule has 0 fully saturated rings. The highest BCUT2D eigenvalue weighted by molar-refractivity contribution is 9.10. The molecular formula is C15H15BrN2O2. The van der Waals surface area contributed by atoms with E-state index in [-0.39, 0.29) is 5.91 Å². The van der Waals surface area contributed by atoms with Crippen LogP contribution in [0, 0.1) is 6.92 Å². The quantitative estimate of drug-likeness (QED) is 0.863. The van der Waals surface area contributed by atoms with Crippen molar-refractivity contribution in [2.75, 3.05) is 19.1 Å². The fraction of sp³-hybridized carbons (Fsp3) is 0.200. The van der Waals surface area contributed by atoms with Crippen molar-refractivity contribution in [1.29, 1.82) is 0 Å². The third-order valence-electron chi connectivity index (χ3n) is 3.00. The molecule has 0 bridgehead atoms. The number of anilines is 1. The van der Waals surface area contributed by atoms with Crippen LogP contribution in [0.15, 0.2) is 41.0 Å². The van der Waals surface area contributed by atoms with E-state index in [2.05, 4.69) is 20.9 Å². The summed E-state index contributed by atoms with van der Waals surface area (Å²) in [6.45, 7) is 1.91. The number of pyridine rings is 1. The molecule has 20 heavy (non-hydrogen) atoms. The number of halogens is 1. The molecule has 1 aromatic heterocycles. The Morgan fingerprint density at radius 2 is 2.05 bits per heavy atom. The van der Waals surface area contributed by atoms with Gasteiger partial charge in [0, 0.05) is 23.3 Å². The normalized spacial score (nSPS) is 10.2. The molecule has 0 aliphatic heterocycles. The summed E-state index contributed by atoms with van der Waals surface area (Å²) in [6.07, 6.45) is 1.67. The minimum atomic E-state index is -0.106. The summed E-state index contributed by atoms with van der Waals surface area (Å²) in [5.74, 6) is 1.27. The minimum Gasteiger partial charge on any atom is -0.496 e. The molecule has 0 saturated carbocycles. The second-order valence-electron chi connectivity index (χ2n) is 4.38. The van der Waals surface area contributed by atoms with Crippen molar-refractivity contribution >= 4 is 27.7 Å². The van der Waals surface area contributed by atoms with E-state index in [9.17, 15) is 4.79 Å². The first kappa shape index (κ1) is 14.5. The van der Waals surface area contributed by atoms with Crippen LogP contribution < -0.4 is 9.64 Å². The highest BCUT2D eigenvalue weighted by Gasteiger charge is 2.15. The standard InChI is InChI=1S/C15H15BrN2O2/c1-10-8-11(4-6-13(10)20-3)15(19)18(2)14-7-5-12(16)9-17-14/h4-9H,1-3H3. The van der Waals surface area contributed by atoms with Crippen molar-refractivity contribution in [3.63, 3.8) is 0 Å². The van der Waals surface area contributed by atoms with Gasteiger partial charge in [-0.05, 0) is 58.7 Å².